The summed E-state index contributed by atoms with van der Waals surface area (Å²) in [6, 6.07) is -1.06. The summed E-state index contributed by atoms with van der Waals surface area (Å²) in [5.74, 6) is -0.116. The van der Waals surface area contributed by atoms with Gasteiger partial charge in [-0.2, -0.15) is 0 Å². The predicted molar refractivity (Wildman–Crippen MR) is 76.6 cm³/mol. The summed E-state index contributed by atoms with van der Waals surface area (Å²) in [6.07, 6.45) is 7.03. The smallest absolute Gasteiger partial charge is 0.312 e. The first-order valence-corrected chi connectivity index (χ1v) is 7.14. The lowest BCUT2D eigenvalue weighted by atomic mass is 10.1. The summed E-state index contributed by atoms with van der Waals surface area (Å²) in [7, 11) is 0. The number of rotatable bonds is 11. The molecule has 0 aliphatic carbocycles. The lowest BCUT2D eigenvalue weighted by molar-refractivity contribution is -0.122. The molecule has 0 aliphatic rings. The normalized spacial score (nSPS) is 11.9. The molecule has 0 aromatic carbocycles. The molecule has 112 valence electrons. The average Bonchev–Trinajstić information content (AvgIpc) is 2.38. The molecule has 0 radical (unpaired) electrons. The minimum absolute atomic E-state index is 0.116. The summed E-state index contributed by atoms with van der Waals surface area (Å²) in [6.45, 7) is 3.32. The Labute approximate surface area is 115 Å². The second-order valence-electron chi connectivity index (χ2n) is 4.74. The quantitative estimate of drug-likeness (QED) is 0.418. The van der Waals surface area contributed by atoms with E-state index in [-0.39, 0.29) is 5.91 Å². The molecular weight excluding hydrogens is 244 g/mol. The van der Waals surface area contributed by atoms with E-state index in [1.807, 2.05) is 0 Å². The van der Waals surface area contributed by atoms with Crippen molar-refractivity contribution in [1.29, 1.82) is 0 Å². The van der Waals surface area contributed by atoms with Crippen molar-refractivity contribution in [2.24, 2.45) is 11.5 Å². The number of carbonyl (C=O) groups is 2. The second-order valence-corrected chi connectivity index (χ2v) is 4.74. The SMILES string of the molecule is CCCCCCCNC(=O)C(N)CCCNC(N)=O. The molecule has 0 aromatic heterocycles. The minimum atomic E-state index is -0.551. The third-order valence-corrected chi connectivity index (χ3v) is 2.91. The zero-order valence-electron chi connectivity index (χ0n) is 11.9. The van der Waals surface area contributed by atoms with Crippen molar-refractivity contribution >= 4 is 11.9 Å². The largest absolute Gasteiger partial charge is 0.355 e. The van der Waals surface area contributed by atoms with Crippen molar-refractivity contribution in [2.75, 3.05) is 13.1 Å². The number of primary amides is 1. The van der Waals surface area contributed by atoms with Crippen LogP contribution in [0.4, 0.5) is 4.79 Å². The highest BCUT2D eigenvalue weighted by Crippen LogP contribution is 2.01. The summed E-state index contributed by atoms with van der Waals surface area (Å²) < 4.78 is 0. The van der Waals surface area contributed by atoms with Crippen LogP contribution in [0.1, 0.15) is 51.9 Å². The highest BCUT2D eigenvalue weighted by Gasteiger charge is 2.11. The number of amides is 3. The maximum atomic E-state index is 11.6. The van der Waals surface area contributed by atoms with Crippen molar-refractivity contribution < 1.29 is 9.59 Å². The van der Waals surface area contributed by atoms with Crippen LogP contribution >= 0.6 is 0 Å². The molecule has 0 saturated carbocycles. The van der Waals surface area contributed by atoms with Crippen LogP contribution in [-0.4, -0.2) is 31.1 Å². The Hall–Kier alpha value is -1.30. The van der Waals surface area contributed by atoms with Gasteiger partial charge in [0.2, 0.25) is 5.91 Å². The molecule has 1 unspecified atom stereocenters. The highest BCUT2D eigenvalue weighted by molar-refractivity contribution is 5.81. The maximum absolute atomic E-state index is 11.6. The van der Waals surface area contributed by atoms with Gasteiger partial charge in [0.15, 0.2) is 0 Å². The van der Waals surface area contributed by atoms with Crippen LogP contribution in [0.5, 0.6) is 0 Å². The number of nitrogens with two attached hydrogens (primary N) is 2. The summed E-state index contributed by atoms with van der Waals surface area (Å²) >= 11 is 0. The fourth-order valence-corrected chi connectivity index (χ4v) is 1.74. The Morgan fingerprint density at radius 1 is 1.00 bits per heavy atom. The lowest BCUT2D eigenvalue weighted by Gasteiger charge is -2.12. The van der Waals surface area contributed by atoms with Crippen molar-refractivity contribution in [3.8, 4) is 0 Å². The van der Waals surface area contributed by atoms with Crippen LogP contribution in [0.25, 0.3) is 0 Å². The fraction of sp³-hybridized carbons (Fsp3) is 0.846. The van der Waals surface area contributed by atoms with Gasteiger partial charge in [-0.15, -0.1) is 0 Å². The Kier molecular flexibility index (Phi) is 11.0. The molecule has 0 bridgehead atoms. The Morgan fingerprint density at radius 3 is 2.26 bits per heavy atom. The third-order valence-electron chi connectivity index (χ3n) is 2.91. The monoisotopic (exact) mass is 272 g/mol. The van der Waals surface area contributed by atoms with Gasteiger partial charge in [-0.05, 0) is 19.3 Å². The van der Waals surface area contributed by atoms with Gasteiger partial charge < -0.3 is 22.1 Å². The van der Waals surface area contributed by atoms with Crippen LogP contribution < -0.4 is 22.1 Å². The summed E-state index contributed by atoms with van der Waals surface area (Å²) in [5, 5.41) is 5.30. The molecule has 3 amide bonds. The standard InChI is InChI=1S/C13H28N4O2/c1-2-3-4-5-6-9-16-12(18)11(14)8-7-10-17-13(15)19/h11H,2-10,14H2,1H3,(H,16,18)(H3,15,17,19). The van der Waals surface area contributed by atoms with Gasteiger partial charge in [0.25, 0.3) is 0 Å². The summed E-state index contributed by atoms with van der Waals surface area (Å²) in [4.78, 5) is 22.0. The number of hydrogen-bond acceptors (Lipinski definition) is 3. The zero-order chi connectivity index (χ0) is 14.5. The second kappa shape index (κ2) is 11.8. The number of hydrogen-bond donors (Lipinski definition) is 4. The molecule has 6 heteroatoms. The van der Waals surface area contributed by atoms with Gasteiger partial charge in [0, 0.05) is 13.1 Å². The van der Waals surface area contributed by atoms with E-state index in [9.17, 15) is 9.59 Å². The van der Waals surface area contributed by atoms with Gasteiger partial charge in [0.05, 0.1) is 6.04 Å². The van der Waals surface area contributed by atoms with E-state index >= 15 is 0 Å². The number of unbranched alkanes of at least 4 members (excludes halogenated alkanes) is 4. The van der Waals surface area contributed by atoms with Crippen LogP contribution in [0.3, 0.4) is 0 Å². The molecule has 0 saturated heterocycles. The van der Waals surface area contributed by atoms with Crippen molar-refractivity contribution in [3.05, 3.63) is 0 Å². The topological polar surface area (TPSA) is 110 Å². The molecule has 19 heavy (non-hydrogen) atoms. The zero-order valence-corrected chi connectivity index (χ0v) is 11.9. The van der Waals surface area contributed by atoms with E-state index in [4.69, 9.17) is 11.5 Å². The van der Waals surface area contributed by atoms with Crippen LogP contribution in [-0.2, 0) is 4.79 Å². The van der Waals surface area contributed by atoms with Gasteiger partial charge >= 0.3 is 6.03 Å². The Balaban J connectivity index is 3.46. The van der Waals surface area contributed by atoms with E-state index < -0.39 is 12.1 Å². The number of nitrogens with one attached hydrogen (secondary N) is 2. The number of carbonyl (C=O) groups excluding carboxylic acids is 2. The van der Waals surface area contributed by atoms with Crippen LogP contribution in [0, 0.1) is 0 Å². The summed E-state index contributed by atoms with van der Waals surface area (Å²) in [5.41, 5.74) is 10.7. The molecule has 0 spiro atoms. The fourth-order valence-electron chi connectivity index (χ4n) is 1.74. The third kappa shape index (κ3) is 11.5. The Bertz CT molecular complexity index is 259. The van der Waals surface area contributed by atoms with Crippen molar-refractivity contribution in [3.63, 3.8) is 0 Å². The molecule has 6 N–H and O–H groups in total. The molecule has 0 heterocycles. The van der Waals surface area contributed by atoms with Crippen molar-refractivity contribution in [2.45, 2.75) is 57.9 Å². The molecule has 0 rings (SSSR count). The maximum Gasteiger partial charge on any atom is 0.312 e. The van der Waals surface area contributed by atoms with E-state index in [0.29, 0.717) is 25.9 Å². The Morgan fingerprint density at radius 2 is 1.63 bits per heavy atom. The molecule has 1 atom stereocenters. The lowest BCUT2D eigenvalue weighted by Crippen LogP contribution is -2.41. The van der Waals surface area contributed by atoms with Gasteiger partial charge in [-0.3, -0.25) is 4.79 Å². The van der Waals surface area contributed by atoms with E-state index in [0.717, 1.165) is 12.8 Å². The predicted octanol–water partition coefficient (Wildman–Crippen LogP) is 0.849. The van der Waals surface area contributed by atoms with E-state index in [1.54, 1.807) is 0 Å². The molecule has 0 aromatic rings. The van der Waals surface area contributed by atoms with Gasteiger partial charge in [-0.1, -0.05) is 32.6 Å². The first kappa shape index (κ1) is 17.7. The van der Waals surface area contributed by atoms with E-state index in [2.05, 4.69) is 17.6 Å². The van der Waals surface area contributed by atoms with Crippen LogP contribution in [0.2, 0.25) is 0 Å². The number of urea groups is 1. The first-order chi connectivity index (χ1) is 9.07. The molecular formula is C13H28N4O2. The van der Waals surface area contributed by atoms with Gasteiger partial charge in [0.1, 0.15) is 0 Å². The van der Waals surface area contributed by atoms with E-state index in [1.165, 1.54) is 19.3 Å². The average molecular weight is 272 g/mol. The molecule has 0 aliphatic heterocycles. The minimum Gasteiger partial charge on any atom is -0.355 e. The molecule has 0 fully saturated rings. The van der Waals surface area contributed by atoms with Gasteiger partial charge in [-0.25, -0.2) is 4.79 Å². The molecule has 6 nitrogen and oxygen atoms in total. The highest BCUT2D eigenvalue weighted by atomic mass is 16.2. The van der Waals surface area contributed by atoms with Crippen molar-refractivity contribution in [1.82, 2.24) is 10.6 Å². The van der Waals surface area contributed by atoms with Crippen LogP contribution in [0.15, 0.2) is 0 Å². The first-order valence-electron chi connectivity index (χ1n) is 7.14.